The van der Waals surface area contributed by atoms with Crippen LogP contribution in [0.3, 0.4) is 0 Å². The molecule has 0 aliphatic carbocycles. The van der Waals surface area contributed by atoms with Gasteiger partial charge in [-0.1, -0.05) is 29.3 Å². The Morgan fingerprint density at radius 2 is 1.84 bits per heavy atom. The van der Waals surface area contributed by atoms with Crippen molar-refractivity contribution in [3.63, 3.8) is 0 Å². The second-order valence-electron chi connectivity index (χ2n) is 4.40. The highest BCUT2D eigenvalue weighted by Gasteiger charge is 2.13. The second kappa shape index (κ2) is 5.49. The van der Waals surface area contributed by atoms with Crippen LogP contribution in [0.15, 0.2) is 36.4 Å². The van der Waals surface area contributed by atoms with E-state index in [4.69, 9.17) is 17.3 Å². The molecule has 2 aromatic carbocycles. The van der Waals surface area contributed by atoms with Crippen molar-refractivity contribution in [2.75, 3.05) is 17.2 Å². The van der Waals surface area contributed by atoms with Crippen LogP contribution in [0.2, 0.25) is 5.02 Å². The largest absolute Gasteiger partial charge is 0.397 e. The summed E-state index contributed by atoms with van der Waals surface area (Å²) in [5.41, 5.74) is 9.18. The minimum absolute atomic E-state index is 0.0785. The average molecular weight is 279 g/mol. The lowest BCUT2D eigenvalue weighted by Gasteiger charge is -2.25. The van der Waals surface area contributed by atoms with Gasteiger partial charge in [0.25, 0.3) is 0 Å². The maximum atomic E-state index is 13.4. The van der Waals surface area contributed by atoms with Crippen molar-refractivity contribution in [3.05, 3.63) is 52.8 Å². The lowest BCUT2D eigenvalue weighted by molar-refractivity contribution is 0.629. The number of benzene rings is 2. The van der Waals surface area contributed by atoms with Gasteiger partial charge in [-0.05, 0) is 32.0 Å². The van der Waals surface area contributed by atoms with Gasteiger partial charge in [0.2, 0.25) is 0 Å². The summed E-state index contributed by atoms with van der Waals surface area (Å²) < 4.78 is 13.4. The Hall–Kier alpha value is -1.74. The van der Waals surface area contributed by atoms with Gasteiger partial charge >= 0.3 is 0 Å². The van der Waals surface area contributed by atoms with Crippen LogP contribution >= 0.6 is 11.6 Å². The number of nitrogen functional groups attached to an aromatic ring is 1. The predicted molar refractivity (Wildman–Crippen MR) is 79.7 cm³/mol. The smallest absolute Gasteiger partial charge is 0.143 e. The van der Waals surface area contributed by atoms with E-state index in [-0.39, 0.29) is 5.02 Å². The van der Waals surface area contributed by atoms with Crippen molar-refractivity contribution in [3.8, 4) is 0 Å². The zero-order valence-electron chi connectivity index (χ0n) is 11.0. The highest BCUT2D eigenvalue weighted by atomic mass is 35.5. The van der Waals surface area contributed by atoms with Gasteiger partial charge in [0.15, 0.2) is 0 Å². The number of hydrogen-bond acceptors (Lipinski definition) is 2. The van der Waals surface area contributed by atoms with E-state index < -0.39 is 5.82 Å². The van der Waals surface area contributed by atoms with Gasteiger partial charge in [-0.2, -0.15) is 0 Å². The highest BCUT2D eigenvalue weighted by Crippen LogP contribution is 2.34. The van der Waals surface area contributed by atoms with Crippen molar-refractivity contribution in [2.24, 2.45) is 0 Å². The summed E-state index contributed by atoms with van der Waals surface area (Å²) in [6.45, 7) is 4.76. The summed E-state index contributed by atoms with van der Waals surface area (Å²) in [5.74, 6) is -0.497. The highest BCUT2D eigenvalue weighted by molar-refractivity contribution is 6.31. The molecular formula is C15H16ClFN2. The first kappa shape index (κ1) is 13.7. The summed E-state index contributed by atoms with van der Waals surface area (Å²) in [6.07, 6.45) is 0. The standard InChI is InChI=1S/C15H16ClFN2/c1-3-19(11-6-4-10(2)5-7-11)15-8-12(16)13(17)9-14(15)18/h4-9H,3,18H2,1-2H3. The summed E-state index contributed by atoms with van der Waals surface area (Å²) in [6, 6.07) is 10.9. The molecule has 0 aliphatic heterocycles. The molecule has 0 saturated heterocycles. The number of hydrogen-bond donors (Lipinski definition) is 1. The Labute approximate surface area is 117 Å². The number of nitrogens with two attached hydrogens (primary N) is 1. The fraction of sp³-hybridized carbons (Fsp3) is 0.200. The lowest BCUT2D eigenvalue weighted by atomic mass is 10.1. The maximum absolute atomic E-state index is 13.4. The van der Waals surface area contributed by atoms with Crippen LogP contribution in [0.25, 0.3) is 0 Å². The first-order valence-corrected chi connectivity index (χ1v) is 6.49. The van der Waals surface area contributed by atoms with Crippen molar-refractivity contribution < 1.29 is 4.39 Å². The molecule has 0 bridgehead atoms. The van der Waals surface area contributed by atoms with Crippen molar-refractivity contribution >= 4 is 28.7 Å². The van der Waals surface area contributed by atoms with E-state index in [1.165, 1.54) is 11.6 Å². The Morgan fingerprint density at radius 3 is 2.42 bits per heavy atom. The zero-order chi connectivity index (χ0) is 14.0. The van der Waals surface area contributed by atoms with E-state index >= 15 is 0 Å². The number of aryl methyl sites for hydroxylation is 1. The topological polar surface area (TPSA) is 29.3 Å². The van der Waals surface area contributed by atoms with Crippen LogP contribution in [0.4, 0.5) is 21.5 Å². The predicted octanol–water partition coefficient (Wildman–Crippen LogP) is 4.53. The third-order valence-corrected chi connectivity index (χ3v) is 3.31. The Balaban J connectivity index is 2.47. The number of halogens is 2. The van der Waals surface area contributed by atoms with Crippen LogP contribution in [0, 0.1) is 12.7 Å². The zero-order valence-corrected chi connectivity index (χ0v) is 11.7. The van der Waals surface area contributed by atoms with Crippen molar-refractivity contribution in [1.29, 1.82) is 0 Å². The fourth-order valence-electron chi connectivity index (χ4n) is 2.00. The minimum atomic E-state index is -0.497. The molecule has 0 heterocycles. The molecule has 0 aromatic heterocycles. The number of anilines is 3. The van der Waals surface area contributed by atoms with Gasteiger partial charge in [-0.3, -0.25) is 0 Å². The van der Waals surface area contributed by atoms with Crippen molar-refractivity contribution in [2.45, 2.75) is 13.8 Å². The van der Waals surface area contributed by atoms with Gasteiger partial charge in [-0.25, -0.2) is 4.39 Å². The van der Waals surface area contributed by atoms with E-state index in [1.807, 2.05) is 43.0 Å². The molecule has 4 heteroatoms. The Bertz CT molecular complexity index is 581. The summed E-state index contributed by atoms with van der Waals surface area (Å²) in [4.78, 5) is 2.00. The molecule has 0 aliphatic rings. The van der Waals surface area contributed by atoms with Crippen LogP contribution in [-0.2, 0) is 0 Å². The lowest BCUT2D eigenvalue weighted by Crippen LogP contribution is -2.17. The molecule has 0 amide bonds. The molecule has 0 atom stereocenters. The first-order valence-electron chi connectivity index (χ1n) is 6.11. The van der Waals surface area contributed by atoms with Gasteiger partial charge < -0.3 is 10.6 Å². The molecule has 2 rings (SSSR count). The molecule has 0 fully saturated rings. The number of nitrogens with zero attached hydrogens (tertiary/aromatic N) is 1. The van der Waals surface area contributed by atoms with E-state index in [9.17, 15) is 4.39 Å². The normalized spacial score (nSPS) is 10.5. The molecule has 0 saturated carbocycles. The SMILES string of the molecule is CCN(c1ccc(C)cc1)c1cc(Cl)c(F)cc1N. The molecule has 2 N–H and O–H groups in total. The minimum Gasteiger partial charge on any atom is -0.397 e. The van der Waals surface area contributed by atoms with E-state index in [0.717, 1.165) is 17.9 Å². The molecule has 19 heavy (non-hydrogen) atoms. The molecule has 0 unspecified atom stereocenters. The Morgan fingerprint density at radius 1 is 1.21 bits per heavy atom. The van der Waals surface area contributed by atoms with Gasteiger partial charge in [-0.15, -0.1) is 0 Å². The number of rotatable bonds is 3. The summed E-state index contributed by atoms with van der Waals surface area (Å²) >= 11 is 5.84. The molecule has 2 nitrogen and oxygen atoms in total. The molecule has 0 radical (unpaired) electrons. The molecular weight excluding hydrogens is 263 g/mol. The Kier molecular flexibility index (Phi) is 3.96. The molecule has 2 aromatic rings. The van der Waals surface area contributed by atoms with E-state index in [1.54, 1.807) is 6.07 Å². The monoisotopic (exact) mass is 278 g/mol. The average Bonchev–Trinajstić information content (AvgIpc) is 2.38. The van der Waals surface area contributed by atoms with Gasteiger partial charge in [0, 0.05) is 18.3 Å². The van der Waals surface area contributed by atoms with Gasteiger partial charge in [0.1, 0.15) is 5.82 Å². The first-order chi connectivity index (χ1) is 9.02. The summed E-state index contributed by atoms with van der Waals surface area (Å²) in [5, 5.41) is 0.0785. The summed E-state index contributed by atoms with van der Waals surface area (Å²) in [7, 11) is 0. The van der Waals surface area contributed by atoms with Crippen molar-refractivity contribution in [1.82, 2.24) is 0 Å². The van der Waals surface area contributed by atoms with E-state index in [0.29, 0.717) is 5.69 Å². The third-order valence-electron chi connectivity index (χ3n) is 3.02. The second-order valence-corrected chi connectivity index (χ2v) is 4.81. The van der Waals surface area contributed by atoms with E-state index in [2.05, 4.69) is 0 Å². The fourth-order valence-corrected chi connectivity index (χ4v) is 2.16. The van der Waals surface area contributed by atoms with Crippen LogP contribution in [0.1, 0.15) is 12.5 Å². The molecule has 100 valence electrons. The van der Waals surface area contributed by atoms with Crippen LogP contribution in [0.5, 0.6) is 0 Å². The van der Waals surface area contributed by atoms with Gasteiger partial charge in [0.05, 0.1) is 16.4 Å². The van der Waals surface area contributed by atoms with Crippen LogP contribution < -0.4 is 10.6 Å². The maximum Gasteiger partial charge on any atom is 0.143 e. The third kappa shape index (κ3) is 2.82. The van der Waals surface area contributed by atoms with Crippen LogP contribution in [-0.4, -0.2) is 6.54 Å². The quantitative estimate of drug-likeness (QED) is 0.836. The molecule has 0 spiro atoms.